The number of aliphatic hydroxyl groups is 1. The summed E-state index contributed by atoms with van der Waals surface area (Å²) in [6, 6.07) is 4.73. The Morgan fingerprint density at radius 1 is 0.850 bits per heavy atom. The van der Waals surface area contributed by atoms with E-state index in [4.69, 9.17) is 37.9 Å². The van der Waals surface area contributed by atoms with E-state index < -0.39 is 59.3 Å². The molecule has 2 saturated heterocycles. The average Bonchev–Trinajstić information content (AvgIpc) is 4.14. The van der Waals surface area contributed by atoms with Crippen molar-refractivity contribution in [2.24, 2.45) is 51.8 Å². The number of rotatable bonds is 29. The van der Waals surface area contributed by atoms with Gasteiger partial charge >= 0.3 is 6.09 Å². The zero-order valence-electron chi connectivity index (χ0n) is 47.7. The first-order valence-electron chi connectivity index (χ1n) is 29.2. The van der Waals surface area contributed by atoms with Crippen LogP contribution >= 0.6 is 0 Å². The molecule has 0 radical (unpaired) electrons. The molecule has 8 aliphatic rings. The van der Waals surface area contributed by atoms with Gasteiger partial charge in [-0.05, 0) is 118 Å². The molecule has 6 fully saturated rings. The molecule has 6 aliphatic carbocycles. The molecule has 1 aromatic carbocycles. The number of hydrogen-bond donors (Lipinski definition) is 5. The normalized spacial score (nSPS) is 31.4. The van der Waals surface area contributed by atoms with Crippen LogP contribution in [0.5, 0.6) is 5.75 Å². The smallest absolute Gasteiger partial charge is 0.407 e. The fraction of sp³-hybridized carbons (Fsp3) is 0.705. The summed E-state index contributed by atoms with van der Waals surface area (Å²) < 4.78 is 47.0. The zero-order valence-corrected chi connectivity index (χ0v) is 47.7. The highest BCUT2D eigenvalue weighted by molar-refractivity contribution is 6.01. The predicted molar refractivity (Wildman–Crippen MR) is 295 cm³/mol. The van der Waals surface area contributed by atoms with Gasteiger partial charge in [-0.2, -0.15) is 0 Å². The molecule has 80 heavy (non-hydrogen) atoms. The van der Waals surface area contributed by atoms with Crippen molar-refractivity contribution in [1.82, 2.24) is 16.0 Å². The summed E-state index contributed by atoms with van der Waals surface area (Å²) in [6.45, 7) is 14.5. The lowest BCUT2D eigenvalue weighted by Gasteiger charge is -2.75. The number of carbonyl (C=O) groups is 6. The van der Waals surface area contributed by atoms with Crippen LogP contribution in [0.4, 0.5) is 10.5 Å². The molecule has 2 aliphatic heterocycles. The van der Waals surface area contributed by atoms with Gasteiger partial charge in [-0.25, -0.2) is 4.79 Å². The molecule has 2 heterocycles. The number of ether oxygens (including phenoxy) is 8. The Bertz CT molecular complexity index is 2460. The Morgan fingerprint density at radius 2 is 1.51 bits per heavy atom. The lowest BCUT2D eigenvalue weighted by atomic mass is 9.32. The number of aliphatic hydroxyl groups excluding tert-OH is 1. The third kappa shape index (κ3) is 14.3. The summed E-state index contributed by atoms with van der Waals surface area (Å²) in [5.41, 5.74) is -0.0759. The first-order chi connectivity index (χ1) is 38.5. The van der Waals surface area contributed by atoms with E-state index in [0.717, 1.165) is 56.9 Å². The van der Waals surface area contributed by atoms with Crippen molar-refractivity contribution in [3.8, 4) is 17.6 Å². The maximum absolute atomic E-state index is 14.4. The van der Waals surface area contributed by atoms with Crippen molar-refractivity contribution < 1.29 is 71.8 Å². The van der Waals surface area contributed by atoms with E-state index in [1.807, 2.05) is 6.08 Å². The summed E-state index contributed by atoms with van der Waals surface area (Å²) in [4.78, 5) is 78.3. The Morgan fingerprint density at radius 3 is 2.17 bits per heavy atom. The standard InChI is InChI=1S/C61H86N4O15/c1-7-12-52-79-50-34-49-60(6,35-47(67)54-59(5)22-20-42(66)33-40(59)19-23-61(49,50)54)55(80-52)48(68)37-77-43-17-15-41(16-18-43)64-56(70)39(4)63-57(71)53(38(2)3)65-51(69)21-25-73-27-29-75-31-32-76-30-28-74-26-24-62-58(72)78-36-46-44-13-10-8-9-11-14-45(44)46/h15-18,20,22,33,38-39,44-47,49-50,52-55,67H,7,10-14,19,21,23-32,34-37H2,1-6H3,(H,62,72)(H,63,71)(H,64,70)(H,65,69)/t39-,44?,45?,46?,47-,49-,50+,52+,53-,54-,55+,59-,60-,61+/m0/s1. The minimum atomic E-state index is -0.947. The number of anilines is 1. The van der Waals surface area contributed by atoms with E-state index in [1.54, 1.807) is 57.2 Å². The highest BCUT2D eigenvalue weighted by Gasteiger charge is 2.76. The largest absolute Gasteiger partial charge is 0.486 e. The lowest BCUT2D eigenvalue weighted by Crippen LogP contribution is -2.76. The number of allylic oxidation sites excluding steroid dienone is 4. The van der Waals surface area contributed by atoms with Gasteiger partial charge in [0.1, 0.15) is 30.5 Å². The van der Waals surface area contributed by atoms with Crippen molar-refractivity contribution in [3.63, 3.8) is 0 Å². The number of Topliss-reactive ketones (excluding diaryl/α,β-unsaturated/α-hetero) is 1. The highest BCUT2D eigenvalue weighted by Crippen LogP contribution is 2.75. The number of benzene rings is 1. The Hall–Kier alpha value is -5.20. The molecular formula is C61H86N4O15. The van der Waals surface area contributed by atoms with Gasteiger partial charge in [-0.15, -0.1) is 11.8 Å². The van der Waals surface area contributed by atoms with Crippen molar-refractivity contribution in [3.05, 3.63) is 48.1 Å². The van der Waals surface area contributed by atoms with Crippen LogP contribution in [0, 0.1) is 63.6 Å². The van der Waals surface area contributed by atoms with E-state index >= 15 is 0 Å². The third-order valence-corrected chi connectivity index (χ3v) is 18.1. The van der Waals surface area contributed by atoms with Crippen LogP contribution in [0.1, 0.15) is 112 Å². The second kappa shape index (κ2) is 27.7. The van der Waals surface area contributed by atoms with Gasteiger partial charge in [0.2, 0.25) is 17.7 Å². The first-order valence-corrected chi connectivity index (χ1v) is 29.2. The summed E-state index contributed by atoms with van der Waals surface area (Å²) in [6.07, 6.45) is 10.7. The molecule has 1 aromatic rings. The monoisotopic (exact) mass is 1110 g/mol. The molecule has 2 unspecified atom stereocenters. The second-order valence-corrected chi connectivity index (χ2v) is 23.6. The molecule has 1 spiro atoms. The van der Waals surface area contributed by atoms with Gasteiger partial charge < -0.3 is 64.3 Å². The number of carbonyl (C=O) groups excluding carboxylic acids is 6. The number of fused-ring (bicyclic) bond motifs is 6. The highest BCUT2D eigenvalue weighted by atomic mass is 16.7. The van der Waals surface area contributed by atoms with Crippen LogP contribution in [0.2, 0.25) is 0 Å². The van der Waals surface area contributed by atoms with Crippen molar-refractivity contribution in [1.29, 1.82) is 0 Å². The molecule has 440 valence electrons. The van der Waals surface area contributed by atoms with E-state index in [9.17, 15) is 33.9 Å². The Balaban J connectivity index is 0.679. The Labute approximate surface area is 471 Å². The van der Waals surface area contributed by atoms with Gasteiger partial charge in [0, 0.05) is 53.7 Å². The molecule has 9 rings (SSSR count). The molecule has 4 amide bonds. The summed E-state index contributed by atoms with van der Waals surface area (Å²) in [5, 5.41) is 23.2. The third-order valence-electron chi connectivity index (χ3n) is 18.1. The van der Waals surface area contributed by atoms with Crippen molar-refractivity contribution in [2.75, 3.05) is 77.9 Å². The van der Waals surface area contributed by atoms with E-state index in [0.29, 0.717) is 94.8 Å². The van der Waals surface area contributed by atoms with Crippen molar-refractivity contribution in [2.45, 2.75) is 149 Å². The van der Waals surface area contributed by atoms with E-state index in [1.165, 1.54) is 0 Å². The van der Waals surface area contributed by atoms with Crippen molar-refractivity contribution >= 4 is 41.1 Å². The molecule has 4 bridgehead atoms. The van der Waals surface area contributed by atoms with Gasteiger partial charge in [0.25, 0.3) is 0 Å². The summed E-state index contributed by atoms with van der Waals surface area (Å²) >= 11 is 0. The molecule has 0 aromatic heterocycles. The first kappa shape index (κ1) is 60.9. The summed E-state index contributed by atoms with van der Waals surface area (Å²) in [7, 11) is 0. The number of amides is 4. The SMILES string of the molecule is CCC[C@H]1O[C@H](C(=O)COc2ccc(NC(=O)[C@H](C)NC(=O)[C@@H](NC(=O)CCOCCOCCOCCOCCNC(=O)OCC3C4CCC#CCCC43)C(C)C)cc2)[C@@]2(C)C[C@H](O)[C@@H]3[C@@]4(CCC5=CC(=O)C=C[C@@]53C)[C@@H](C[C@@H]24)O1. The van der Waals surface area contributed by atoms with Crippen LogP contribution < -0.4 is 26.0 Å². The van der Waals surface area contributed by atoms with Gasteiger partial charge in [0.05, 0.1) is 71.7 Å². The minimum Gasteiger partial charge on any atom is -0.486 e. The fourth-order valence-electron chi connectivity index (χ4n) is 14.0. The number of nitrogens with one attached hydrogen (secondary N) is 4. The van der Waals surface area contributed by atoms with Gasteiger partial charge in [-0.3, -0.25) is 24.0 Å². The Kier molecular flexibility index (Phi) is 21.1. The second-order valence-electron chi connectivity index (χ2n) is 23.6. The zero-order chi connectivity index (χ0) is 57.0. The summed E-state index contributed by atoms with van der Waals surface area (Å²) in [5.74, 6) is 6.49. The van der Waals surface area contributed by atoms with Crippen LogP contribution in [-0.4, -0.2) is 150 Å². The number of ketones is 2. The predicted octanol–water partition coefficient (Wildman–Crippen LogP) is 6.01. The molecule has 19 nitrogen and oxygen atoms in total. The maximum atomic E-state index is 14.4. The number of hydrogen-bond acceptors (Lipinski definition) is 15. The van der Waals surface area contributed by atoms with Gasteiger partial charge in [0.15, 0.2) is 17.9 Å². The molecule has 13 atom stereocenters. The van der Waals surface area contributed by atoms with Crippen LogP contribution in [0.15, 0.2) is 48.1 Å². The molecule has 5 N–H and O–H groups in total. The van der Waals surface area contributed by atoms with Crippen LogP contribution in [0.25, 0.3) is 0 Å². The lowest BCUT2D eigenvalue weighted by molar-refractivity contribution is -0.370. The average molecular weight is 1120 g/mol. The molecule has 4 saturated carbocycles. The quantitative estimate of drug-likeness (QED) is 0.0456. The molecule has 19 heteroatoms. The van der Waals surface area contributed by atoms with E-state index in [-0.39, 0.29) is 73.0 Å². The topological polar surface area (TPSA) is 245 Å². The number of alkyl carbamates (subject to hydrolysis) is 1. The van der Waals surface area contributed by atoms with E-state index in [2.05, 4.69) is 53.9 Å². The van der Waals surface area contributed by atoms with Gasteiger partial charge in [-0.1, -0.05) is 52.7 Å². The maximum Gasteiger partial charge on any atom is 0.407 e. The molecular weight excluding hydrogens is 1030 g/mol. The minimum absolute atomic E-state index is 0.0217. The van der Waals surface area contributed by atoms with Crippen LogP contribution in [-0.2, 0) is 57.1 Å². The fourth-order valence-corrected chi connectivity index (χ4v) is 14.0. The van der Waals surface area contributed by atoms with Crippen LogP contribution in [0.3, 0.4) is 0 Å².